The smallest absolute Gasteiger partial charge is 0.404 e. The molecular weight excluding hydrogens is 613 g/mol. The van der Waals surface area contributed by atoms with E-state index < -0.39 is 40.9 Å². The van der Waals surface area contributed by atoms with Crippen molar-refractivity contribution in [1.29, 1.82) is 0 Å². The maximum absolute atomic E-state index is 14.3. The highest BCUT2D eigenvalue weighted by atomic mass is 28.4. The van der Waals surface area contributed by atoms with Crippen LogP contribution in [0.1, 0.15) is 76.2 Å². The summed E-state index contributed by atoms with van der Waals surface area (Å²) in [6.07, 6.45) is 7.40. The lowest BCUT2D eigenvalue weighted by Crippen LogP contribution is -2.54. The van der Waals surface area contributed by atoms with Crippen LogP contribution in [-0.4, -0.2) is 71.7 Å². The molecule has 0 unspecified atom stereocenters. The van der Waals surface area contributed by atoms with Gasteiger partial charge in [-0.3, -0.25) is 9.59 Å². The highest BCUT2D eigenvalue weighted by Gasteiger charge is 2.46. The summed E-state index contributed by atoms with van der Waals surface area (Å²) in [6.45, 7) is 36.1. The maximum atomic E-state index is 14.3. The lowest BCUT2D eigenvalue weighted by Gasteiger charge is -2.45. The molecule has 46 heavy (non-hydrogen) atoms. The highest BCUT2D eigenvalue weighted by molar-refractivity contribution is 6.74. The molecule has 0 fully saturated rings. The molecule has 0 heterocycles. The minimum atomic E-state index is -2.37. The van der Waals surface area contributed by atoms with Gasteiger partial charge in [-0.1, -0.05) is 107 Å². The summed E-state index contributed by atoms with van der Waals surface area (Å²) in [7, 11) is -2.71. The number of aldehydes is 1. The second-order valence-corrected chi connectivity index (χ2v) is 25.8. The Balaban J connectivity index is 6.60. The first-order valence-electron chi connectivity index (χ1n) is 16.7. The molecule has 0 saturated heterocycles. The molecule has 2 amide bonds. The standard InChI is InChI=1S/C36H68N2O6Si2/c1-18-19-21-26(3)31(42-34(37)41)28(5)32(44-46(16,17)36(10,11)12)29(6)33(40)38(13)24-27(4)30(25(2)22-20-23-39)43-45(14,15)35(7,8)9/h18-23,25-32H,1,24H2,2-17H3,(H2,37,41)/b21-19-,22-20-/t25-,26-,27-,28+,29+,30+,31-,32-/m0/s1. The Bertz CT molecular complexity index is 1060. The molecule has 0 spiro atoms. The van der Waals surface area contributed by atoms with Gasteiger partial charge in [-0.2, -0.15) is 0 Å². The van der Waals surface area contributed by atoms with Crippen LogP contribution in [0.5, 0.6) is 0 Å². The average molecular weight is 681 g/mol. The zero-order chi connectivity index (χ0) is 36.4. The SMILES string of the molecule is C=C/C=C\[C@H](C)[C@H](OC(N)=O)[C@@H](C)[C@H](O[Si](C)(C)C(C)(C)C)[C@@H](C)C(=O)N(C)C[C@H](C)[C@H](O[Si](C)(C)C(C)(C)C)[C@@H](C)/C=C\C=O. The Hall–Kier alpha value is -2.02. The van der Waals surface area contributed by atoms with E-state index in [9.17, 15) is 14.4 Å². The zero-order valence-corrected chi connectivity index (χ0v) is 34.0. The van der Waals surface area contributed by atoms with Crippen molar-refractivity contribution in [2.24, 2.45) is 35.3 Å². The van der Waals surface area contributed by atoms with E-state index in [1.807, 2.05) is 46.0 Å². The van der Waals surface area contributed by atoms with Crippen LogP contribution in [-0.2, 0) is 23.2 Å². The molecule has 2 N–H and O–H groups in total. The highest BCUT2D eigenvalue weighted by Crippen LogP contribution is 2.41. The summed E-state index contributed by atoms with van der Waals surface area (Å²) in [6, 6.07) is 0. The van der Waals surface area contributed by atoms with E-state index >= 15 is 0 Å². The third-order valence-electron chi connectivity index (χ3n) is 10.2. The molecule has 0 aromatic rings. The van der Waals surface area contributed by atoms with Gasteiger partial charge in [-0.25, -0.2) is 4.79 Å². The van der Waals surface area contributed by atoms with E-state index in [1.54, 1.807) is 11.0 Å². The van der Waals surface area contributed by atoms with E-state index in [4.69, 9.17) is 19.3 Å². The van der Waals surface area contributed by atoms with E-state index in [2.05, 4.69) is 88.2 Å². The van der Waals surface area contributed by atoms with Crippen molar-refractivity contribution in [3.8, 4) is 0 Å². The fourth-order valence-corrected chi connectivity index (χ4v) is 8.20. The van der Waals surface area contributed by atoms with Gasteiger partial charge in [0.25, 0.3) is 0 Å². The average Bonchev–Trinajstić information content (AvgIpc) is 2.92. The van der Waals surface area contributed by atoms with Crippen LogP contribution in [0.2, 0.25) is 36.3 Å². The number of carbonyl (C=O) groups is 3. The number of allylic oxidation sites excluding steroid dienone is 3. The van der Waals surface area contributed by atoms with Crippen molar-refractivity contribution >= 4 is 34.9 Å². The fraction of sp³-hybridized carbons (Fsp3) is 0.750. The van der Waals surface area contributed by atoms with E-state index in [-0.39, 0.29) is 45.8 Å². The third-order valence-corrected chi connectivity index (χ3v) is 19.2. The van der Waals surface area contributed by atoms with Crippen LogP contribution in [0.15, 0.2) is 37.0 Å². The van der Waals surface area contributed by atoms with Crippen molar-refractivity contribution in [3.05, 3.63) is 37.0 Å². The number of ether oxygens (including phenoxy) is 1. The lowest BCUT2D eigenvalue weighted by molar-refractivity contribution is -0.140. The molecule has 10 heteroatoms. The first-order chi connectivity index (χ1) is 20.8. The number of hydrogen-bond donors (Lipinski definition) is 1. The Labute approximate surface area is 283 Å². The number of rotatable bonds is 18. The van der Waals surface area contributed by atoms with Gasteiger partial charge in [0.2, 0.25) is 5.91 Å². The number of hydrogen-bond acceptors (Lipinski definition) is 6. The quantitative estimate of drug-likeness (QED) is 0.0675. The molecule has 0 aliphatic rings. The molecule has 0 saturated carbocycles. The van der Waals surface area contributed by atoms with Crippen molar-refractivity contribution in [1.82, 2.24) is 4.90 Å². The van der Waals surface area contributed by atoms with E-state index in [0.29, 0.717) is 6.54 Å². The van der Waals surface area contributed by atoms with Gasteiger partial charge in [0.15, 0.2) is 16.6 Å². The molecule has 0 aliphatic heterocycles. The van der Waals surface area contributed by atoms with Gasteiger partial charge in [0.05, 0.1) is 18.1 Å². The molecule has 0 aromatic heterocycles. The van der Waals surface area contributed by atoms with E-state index in [0.717, 1.165) is 6.29 Å². The summed E-state index contributed by atoms with van der Waals surface area (Å²) in [5.74, 6) is -1.19. The summed E-state index contributed by atoms with van der Waals surface area (Å²) in [5, 5.41) is -0.108. The Morgan fingerprint density at radius 3 is 1.65 bits per heavy atom. The number of carbonyl (C=O) groups excluding carboxylic acids is 3. The summed E-state index contributed by atoms with van der Waals surface area (Å²) < 4.78 is 19.6. The van der Waals surface area contributed by atoms with Gasteiger partial charge in [0.1, 0.15) is 12.4 Å². The monoisotopic (exact) mass is 680 g/mol. The number of primary amides is 1. The molecule has 0 aliphatic carbocycles. The normalized spacial score (nSPS) is 18.7. The molecule has 8 atom stereocenters. The van der Waals surface area contributed by atoms with Gasteiger partial charge < -0.3 is 24.2 Å². The minimum absolute atomic E-state index is 0.00126. The van der Waals surface area contributed by atoms with E-state index in [1.165, 1.54) is 6.08 Å². The number of nitrogens with two attached hydrogens (primary N) is 1. The summed E-state index contributed by atoms with van der Waals surface area (Å²) >= 11 is 0. The number of amides is 2. The van der Waals surface area contributed by atoms with Gasteiger partial charge in [-0.15, -0.1) is 0 Å². The molecule has 0 bridgehead atoms. The van der Waals surface area contributed by atoms with Crippen LogP contribution in [0.25, 0.3) is 0 Å². The number of nitrogens with zero attached hydrogens (tertiary/aromatic N) is 1. The molecule has 8 nitrogen and oxygen atoms in total. The van der Waals surface area contributed by atoms with Crippen LogP contribution >= 0.6 is 0 Å². The second-order valence-electron chi connectivity index (χ2n) is 16.3. The van der Waals surface area contributed by atoms with Crippen molar-refractivity contribution in [2.75, 3.05) is 13.6 Å². The van der Waals surface area contributed by atoms with Crippen molar-refractivity contribution in [2.45, 2.75) is 131 Å². The molecule has 266 valence electrons. The second kappa shape index (κ2) is 17.9. The first kappa shape index (κ1) is 44.0. The fourth-order valence-electron chi connectivity index (χ4n) is 5.26. The van der Waals surface area contributed by atoms with Crippen LogP contribution in [0.4, 0.5) is 4.79 Å². The summed E-state index contributed by atoms with van der Waals surface area (Å²) in [4.78, 5) is 39.2. The van der Waals surface area contributed by atoms with Crippen LogP contribution in [0.3, 0.4) is 0 Å². The Morgan fingerprint density at radius 2 is 1.24 bits per heavy atom. The zero-order valence-electron chi connectivity index (χ0n) is 32.0. The molecule has 0 rings (SSSR count). The Morgan fingerprint density at radius 1 is 0.804 bits per heavy atom. The summed E-state index contributed by atoms with van der Waals surface area (Å²) in [5.41, 5.74) is 5.54. The first-order valence-corrected chi connectivity index (χ1v) is 22.5. The van der Waals surface area contributed by atoms with Crippen LogP contribution < -0.4 is 5.73 Å². The Kier molecular flexibility index (Phi) is 17.2. The van der Waals surface area contributed by atoms with Gasteiger partial charge in [0, 0.05) is 25.4 Å². The maximum Gasteiger partial charge on any atom is 0.404 e. The van der Waals surface area contributed by atoms with Gasteiger partial charge in [-0.05, 0) is 54.2 Å². The molecule has 0 radical (unpaired) electrons. The topological polar surface area (TPSA) is 108 Å². The largest absolute Gasteiger partial charge is 0.445 e. The third kappa shape index (κ3) is 12.9. The van der Waals surface area contributed by atoms with Crippen LogP contribution in [0, 0.1) is 29.6 Å². The van der Waals surface area contributed by atoms with Crippen molar-refractivity contribution < 1.29 is 28.0 Å². The predicted octanol–water partition coefficient (Wildman–Crippen LogP) is 8.37. The minimum Gasteiger partial charge on any atom is -0.445 e. The van der Waals surface area contributed by atoms with Gasteiger partial charge >= 0.3 is 6.09 Å². The molecule has 0 aromatic carbocycles. The lowest BCUT2D eigenvalue weighted by atomic mass is 9.83. The molecular formula is C36H68N2O6Si2. The van der Waals surface area contributed by atoms with Crippen molar-refractivity contribution in [3.63, 3.8) is 0 Å². The predicted molar refractivity (Wildman–Crippen MR) is 197 cm³/mol.